The number of nitrogens with zero attached hydrogens (tertiary/aromatic N) is 1. The van der Waals surface area contributed by atoms with Gasteiger partial charge in [-0.05, 0) is 32.0 Å². The highest BCUT2D eigenvalue weighted by molar-refractivity contribution is 7.15. The van der Waals surface area contributed by atoms with Crippen LogP contribution in [0, 0.1) is 19.7 Å². The highest BCUT2D eigenvalue weighted by atomic mass is 32.1. The van der Waals surface area contributed by atoms with Crippen molar-refractivity contribution in [3.63, 3.8) is 0 Å². The molecule has 18 heavy (non-hydrogen) atoms. The number of carboxylic acids is 1. The molecule has 2 aromatic rings. The third-order valence-electron chi connectivity index (χ3n) is 2.49. The van der Waals surface area contributed by atoms with Crippen LogP contribution in [0.5, 0.6) is 0 Å². The summed E-state index contributed by atoms with van der Waals surface area (Å²) in [5, 5.41) is 12.2. The van der Waals surface area contributed by atoms with Gasteiger partial charge in [0.2, 0.25) is 0 Å². The van der Waals surface area contributed by atoms with Gasteiger partial charge in [-0.15, -0.1) is 11.3 Å². The average molecular weight is 266 g/mol. The molecule has 1 aromatic carbocycles. The Hall–Kier alpha value is -1.95. The number of aromatic carboxylic acids is 1. The largest absolute Gasteiger partial charge is 0.478 e. The van der Waals surface area contributed by atoms with Crippen LogP contribution < -0.4 is 5.32 Å². The number of thiazole rings is 1. The summed E-state index contributed by atoms with van der Waals surface area (Å²) in [6, 6.07) is 3.73. The van der Waals surface area contributed by atoms with E-state index >= 15 is 0 Å². The maximum Gasteiger partial charge on any atom is 0.335 e. The van der Waals surface area contributed by atoms with E-state index in [0.29, 0.717) is 5.13 Å². The molecular formula is C12H11FN2O2S. The predicted molar refractivity (Wildman–Crippen MR) is 68.2 cm³/mol. The van der Waals surface area contributed by atoms with Gasteiger partial charge in [0.25, 0.3) is 0 Å². The van der Waals surface area contributed by atoms with Crippen LogP contribution in [0.25, 0.3) is 0 Å². The Morgan fingerprint density at radius 3 is 2.67 bits per heavy atom. The second kappa shape index (κ2) is 4.73. The van der Waals surface area contributed by atoms with E-state index in [9.17, 15) is 9.18 Å². The third-order valence-corrected chi connectivity index (χ3v) is 3.47. The zero-order valence-electron chi connectivity index (χ0n) is 9.82. The molecule has 0 saturated heterocycles. The van der Waals surface area contributed by atoms with Crippen LogP contribution in [0.3, 0.4) is 0 Å². The lowest BCUT2D eigenvalue weighted by atomic mass is 10.2. The fraction of sp³-hybridized carbons (Fsp3) is 0.167. The second-order valence-electron chi connectivity index (χ2n) is 3.79. The Morgan fingerprint density at radius 2 is 2.17 bits per heavy atom. The van der Waals surface area contributed by atoms with Gasteiger partial charge in [-0.25, -0.2) is 14.2 Å². The lowest BCUT2D eigenvalue weighted by Gasteiger charge is -2.04. The number of hydrogen-bond donors (Lipinski definition) is 2. The SMILES string of the molecule is Cc1nc(Nc2ccc(C(=O)O)cc2F)sc1C. The van der Waals surface area contributed by atoms with Crippen molar-refractivity contribution in [2.75, 3.05) is 5.32 Å². The molecule has 94 valence electrons. The van der Waals surface area contributed by atoms with Crippen LogP contribution in [0.4, 0.5) is 15.2 Å². The number of aromatic nitrogens is 1. The first kappa shape index (κ1) is 12.5. The van der Waals surface area contributed by atoms with Crippen LogP contribution in [-0.2, 0) is 0 Å². The third kappa shape index (κ3) is 2.48. The number of anilines is 2. The van der Waals surface area contributed by atoms with Gasteiger partial charge >= 0.3 is 5.97 Å². The molecule has 0 radical (unpaired) electrons. The van der Waals surface area contributed by atoms with E-state index in [-0.39, 0.29) is 11.3 Å². The minimum atomic E-state index is -1.15. The second-order valence-corrected chi connectivity index (χ2v) is 4.99. The van der Waals surface area contributed by atoms with Gasteiger partial charge in [0.15, 0.2) is 5.13 Å². The number of aryl methyl sites for hydroxylation is 2. The highest BCUT2D eigenvalue weighted by Gasteiger charge is 2.10. The van der Waals surface area contributed by atoms with Gasteiger partial charge in [-0.2, -0.15) is 0 Å². The fourth-order valence-electron chi connectivity index (χ4n) is 1.39. The molecule has 1 aromatic heterocycles. The first-order chi connectivity index (χ1) is 8.47. The molecule has 0 fully saturated rings. The zero-order valence-corrected chi connectivity index (χ0v) is 10.6. The van der Waals surface area contributed by atoms with E-state index in [1.165, 1.54) is 23.5 Å². The number of carboxylic acid groups (broad SMARTS) is 1. The smallest absolute Gasteiger partial charge is 0.335 e. The molecule has 0 atom stereocenters. The first-order valence-electron chi connectivity index (χ1n) is 5.21. The van der Waals surface area contributed by atoms with Crippen molar-refractivity contribution >= 4 is 28.1 Å². The summed E-state index contributed by atoms with van der Waals surface area (Å²) in [5.41, 5.74) is 1.03. The Morgan fingerprint density at radius 1 is 1.44 bits per heavy atom. The normalized spacial score (nSPS) is 10.4. The summed E-state index contributed by atoms with van der Waals surface area (Å²) in [7, 11) is 0. The van der Waals surface area contributed by atoms with E-state index in [0.717, 1.165) is 16.6 Å². The molecule has 0 spiro atoms. The summed E-state index contributed by atoms with van der Waals surface area (Å²) in [4.78, 5) is 16.0. The monoisotopic (exact) mass is 266 g/mol. The van der Waals surface area contributed by atoms with Gasteiger partial charge in [0.1, 0.15) is 5.82 Å². The Balaban J connectivity index is 2.27. The van der Waals surface area contributed by atoms with Gasteiger partial charge in [-0.1, -0.05) is 0 Å². The van der Waals surface area contributed by atoms with Crippen LogP contribution in [0.1, 0.15) is 20.9 Å². The maximum absolute atomic E-state index is 13.7. The Kier molecular flexibility index (Phi) is 3.29. The van der Waals surface area contributed by atoms with E-state index < -0.39 is 11.8 Å². The van der Waals surface area contributed by atoms with Crippen LogP contribution in [-0.4, -0.2) is 16.1 Å². The Bertz CT molecular complexity index is 591. The lowest BCUT2D eigenvalue weighted by molar-refractivity contribution is 0.0696. The summed E-state index contributed by atoms with van der Waals surface area (Å²) in [6.07, 6.45) is 0. The average Bonchev–Trinajstić information content (AvgIpc) is 2.61. The number of hydrogen-bond acceptors (Lipinski definition) is 4. The number of rotatable bonds is 3. The van der Waals surface area contributed by atoms with Crippen molar-refractivity contribution in [2.45, 2.75) is 13.8 Å². The van der Waals surface area contributed by atoms with Crippen molar-refractivity contribution in [1.29, 1.82) is 0 Å². The van der Waals surface area contributed by atoms with Crippen molar-refractivity contribution < 1.29 is 14.3 Å². The number of nitrogens with one attached hydrogen (secondary N) is 1. The number of benzene rings is 1. The van der Waals surface area contributed by atoms with E-state index in [4.69, 9.17) is 5.11 Å². The zero-order chi connectivity index (χ0) is 13.3. The topological polar surface area (TPSA) is 62.2 Å². The highest BCUT2D eigenvalue weighted by Crippen LogP contribution is 2.26. The van der Waals surface area contributed by atoms with E-state index in [1.807, 2.05) is 13.8 Å². The molecule has 0 bridgehead atoms. The van der Waals surface area contributed by atoms with Crippen molar-refractivity contribution in [3.8, 4) is 0 Å². The molecule has 0 saturated carbocycles. The molecule has 0 unspecified atom stereocenters. The molecule has 0 aliphatic carbocycles. The van der Waals surface area contributed by atoms with Crippen molar-refractivity contribution in [3.05, 3.63) is 40.2 Å². The van der Waals surface area contributed by atoms with Crippen LogP contribution in [0.2, 0.25) is 0 Å². The van der Waals surface area contributed by atoms with Gasteiger partial charge < -0.3 is 10.4 Å². The molecule has 1 heterocycles. The number of carbonyl (C=O) groups is 1. The van der Waals surface area contributed by atoms with Gasteiger partial charge in [0, 0.05) is 4.88 Å². The molecule has 2 N–H and O–H groups in total. The molecule has 6 heteroatoms. The summed E-state index contributed by atoms with van der Waals surface area (Å²) >= 11 is 1.42. The van der Waals surface area contributed by atoms with Crippen LogP contribution >= 0.6 is 11.3 Å². The molecular weight excluding hydrogens is 255 g/mol. The standard InChI is InChI=1S/C12H11FN2O2S/c1-6-7(2)18-12(14-6)15-10-4-3-8(11(16)17)5-9(10)13/h3-5H,1-2H3,(H,14,15)(H,16,17). The molecule has 0 amide bonds. The summed E-state index contributed by atoms with van der Waals surface area (Å²) in [5.74, 6) is -1.76. The minimum absolute atomic E-state index is 0.0791. The van der Waals surface area contributed by atoms with Crippen LogP contribution in [0.15, 0.2) is 18.2 Å². The van der Waals surface area contributed by atoms with Crippen molar-refractivity contribution in [1.82, 2.24) is 4.98 Å². The van der Waals surface area contributed by atoms with Gasteiger partial charge in [0.05, 0.1) is 16.9 Å². The molecule has 2 rings (SSSR count). The first-order valence-corrected chi connectivity index (χ1v) is 6.03. The van der Waals surface area contributed by atoms with Gasteiger partial charge in [-0.3, -0.25) is 0 Å². The van der Waals surface area contributed by atoms with E-state index in [2.05, 4.69) is 10.3 Å². The molecule has 0 aliphatic heterocycles. The quantitative estimate of drug-likeness (QED) is 0.894. The predicted octanol–water partition coefficient (Wildman–Crippen LogP) is 3.34. The fourth-order valence-corrected chi connectivity index (χ4v) is 2.22. The number of halogens is 1. The molecule has 4 nitrogen and oxygen atoms in total. The summed E-state index contributed by atoms with van der Waals surface area (Å²) < 4.78 is 13.7. The lowest BCUT2D eigenvalue weighted by Crippen LogP contribution is -1.99. The maximum atomic E-state index is 13.7. The van der Waals surface area contributed by atoms with E-state index in [1.54, 1.807) is 0 Å². The minimum Gasteiger partial charge on any atom is -0.478 e. The van der Waals surface area contributed by atoms with Crippen molar-refractivity contribution in [2.24, 2.45) is 0 Å². The molecule has 0 aliphatic rings. The summed E-state index contributed by atoms with van der Waals surface area (Å²) in [6.45, 7) is 3.81. The Labute approximate surface area is 107 Å².